The van der Waals surface area contributed by atoms with Gasteiger partial charge in [0, 0.05) is 24.0 Å². The minimum absolute atomic E-state index is 0.115. The average molecular weight is 370 g/mol. The Kier molecular flexibility index (Phi) is 4.99. The fraction of sp³-hybridized carbons (Fsp3) is 0.100. The van der Waals surface area contributed by atoms with Gasteiger partial charge in [-0.25, -0.2) is 4.79 Å². The van der Waals surface area contributed by atoms with E-state index in [0.717, 1.165) is 18.2 Å². The van der Waals surface area contributed by atoms with Gasteiger partial charge in [-0.3, -0.25) is 0 Å². The molecule has 0 aliphatic carbocycles. The van der Waals surface area contributed by atoms with Gasteiger partial charge < -0.3 is 9.14 Å². The first-order valence-corrected chi connectivity index (χ1v) is 7.89. The molecule has 0 N–H and O–H groups in total. The predicted molar refractivity (Wildman–Crippen MR) is 92.4 cm³/mol. The van der Waals surface area contributed by atoms with Crippen LogP contribution in [0.5, 0.6) is 0 Å². The summed E-state index contributed by atoms with van der Waals surface area (Å²) in [7, 11) is 0. The molecule has 0 amide bonds. The van der Waals surface area contributed by atoms with Gasteiger partial charge in [-0.15, -0.1) is 0 Å². The summed E-state index contributed by atoms with van der Waals surface area (Å²) in [5.74, 6) is -0.716. The van der Waals surface area contributed by atoms with Crippen LogP contribution in [0, 0.1) is 11.3 Å². The number of aromatic nitrogens is 1. The standard InChI is InChI=1S/C20H13F3N2O2/c21-20(22,23)16-5-3-4-14(10-16)7-8-19(26)27-13-15-12-25-9-2-1-6-18(25)17(15)11-24/h1-10,12H,13H2/b8-7+. The summed E-state index contributed by atoms with van der Waals surface area (Å²) in [6.45, 7) is -0.115. The molecule has 0 aliphatic rings. The Morgan fingerprint density at radius 2 is 2.04 bits per heavy atom. The van der Waals surface area contributed by atoms with Gasteiger partial charge in [0.05, 0.1) is 16.6 Å². The van der Waals surface area contributed by atoms with Crippen LogP contribution in [0.25, 0.3) is 11.6 Å². The van der Waals surface area contributed by atoms with Crippen molar-refractivity contribution in [3.63, 3.8) is 0 Å². The zero-order valence-corrected chi connectivity index (χ0v) is 13.9. The van der Waals surface area contributed by atoms with Crippen molar-refractivity contribution in [2.45, 2.75) is 12.8 Å². The van der Waals surface area contributed by atoms with E-state index < -0.39 is 17.7 Å². The number of rotatable bonds is 4. The van der Waals surface area contributed by atoms with E-state index in [1.807, 2.05) is 6.07 Å². The molecule has 0 bridgehead atoms. The van der Waals surface area contributed by atoms with Crippen LogP contribution in [0.4, 0.5) is 13.2 Å². The summed E-state index contributed by atoms with van der Waals surface area (Å²) in [6.07, 6.45) is 1.32. The Labute approximate surface area is 152 Å². The molecular weight excluding hydrogens is 357 g/mol. The molecule has 3 aromatic rings. The fourth-order valence-corrected chi connectivity index (χ4v) is 2.60. The van der Waals surface area contributed by atoms with Gasteiger partial charge in [0.2, 0.25) is 0 Å². The molecule has 136 valence electrons. The molecular formula is C20H13F3N2O2. The highest BCUT2D eigenvalue weighted by atomic mass is 19.4. The van der Waals surface area contributed by atoms with E-state index in [4.69, 9.17) is 4.74 Å². The highest BCUT2D eigenvalue weighted by Crippen LogP contribution is 2.29. The van der Waals surface area contributed by atoms with E-state index in [0.29, 0.717) is 16.6 Å². The molecule has 7 heteroatoms. The zero-order chi connectivity index (χ0) is 19.4. The van der Waals surface area contributed by atoms with Crippen LogP contribution in [-0.4, -0.2) is 10.4 Å². The summed E-state index contributed by atoms with van der Waals surface area (Å²) in [5.41, 5.74) is 1.09. The molecule has 0 fully saturated rings. The maximum atomic E-state index is 12.7. The maximum absolute atomic E-state index is 12.7. The van der Waals surface area contributed by atoms with E-state index in [1.165, 1.54) is 18.2 Å². The number of nitrogens with zero attached hydrogens (tertiary/aromatic N) is 2. The van der Waals surface area contributed by atoms with Crippen molar-refractivity contribution < 1.29 is 22.7 Å². The van der Waals surface area contributed by atoms with Gasteiger partial charge in [0.25, 0.3) is 0 Å². The fourth-order valence-electron chi connectivity index (χ4n) is 2.60. The van der Waals surface area contributed by atoms with Crippen LogP contribution >= 0.6 is 0 Å². The molecule has 0 unspecified atom stereocenters. The number of fused-ring (bicyclic) bond motifs is 1. The van der Waals surface area contributed by atoms with Crippen molar-refractivity contribution in [2.24, 2.45) is 0 Å². The number of benzene rings is 1. The Morgan fingerprint density at radius 1 is 1.22 bits per heavy atom. The molecule has 0 saturated heterocycles. The van der Waals surface area contributed by atoms with Crippen LogP contribution < -0.4 is 0 Å². The Bertz CT molecular complexity index is 1060. The summed E-state index contributed by atoms with van der Waals surface area (Å²) >= 11 is 0. The Balaban J connectivity index is 1.69. The van der Waals surface area contributed by atoms with Crippen molar-refractivity contribution in [1.82, 2.24) is 4.40 Å². The lowest BCUT2D eigenvalue weighted by molar-refractivity contribution is -0.139. The number of hydrogen-bond donors (Lipinski definition) is 0. The summed E-state index contributed by atoms with van der Waals surface area (Å²) in [6, 6.07) is 12.1. The molecule has 2 heterocycles. The van der Waals surface area contributed by atoms with Crippen LogP contribution in [0.15, 0.2) is 60.9 Å². The molecule has 0 saturated carbocycles. The van der Waals surface area contributed by atoms with Gasteiger partial charge in [0.15, 0.2) is 0 Å². The number of alkyl halides is 3. The van der Waals surface area contributed by atoms with Crippen molar-refractivity contribution in [1.29, 1.82) is 5.26 Å². The first-order chi connectivity index (χ1) is 12.9. The normalized spacial score (nSPS) is 11.6. The molecule has 4 nitrogen and oxygen atoms in total. The zero-order valence-electron chi connectivity index (χ0n) is 13.9. The van der Waals surface area contributed by atoms with E-state index in [-0.39, 0.29) is 12.2 Å². The third kappa shape index (κ3) is 4.18. The predicted octanol–water partition coefficient (Wildman–Crippen LogP) is 4.59. The number of carbonyl (C=O) groups is 1. The molecule has 0 aliphatic heterocycles. The Hall–Kier alpha value is -3.53. The van der Waals surface area contributed by atoms with E-state index in [1.54, 1.807) is 28.9 Å². The minimum Gasteiger partial charge on any atom is -0.458 e. The van der Waals surface area contributed by atoms with Crippen molar-refractivity contribution in [3.05, 3.63) is 83.2 Å². The first kappa shape index (κ1) is 18.3. The van der Waals surface area contributed by atoms with Crippen LogP contribution in [0.1, 0.15) is 22.3 Å². The number of hydrogen-bond acceptors (Lipinski definition) is 3. The highest BCUT2D eigenvalue weighted by molar-refractivity contribution is 5.87. The molecule has 3 rings (SSSR count). The number of ether oxygens (including phenoxy) is 1. The number of esters is 1. The van der Waals surface area contributed by atoms with Crippen molar-refractivity contribution in [3.8, 4) is 6.07 Å². The third-order valence-corrected chi connectivity index (χ3v) is 3.87. The van der Waals surface area contributed by atoms with Crippen LogP contribution in [0.2, 0.25) is 0 Å². The number of pyridine rings is 1. The van der Waals surface area contributed by atoms with Crippen molar-refractivity contribution >= 4 is 17.6 Å². The molecule has 0 radical (unpaired) electrons. The van der Waals surface area contributed by atoms with Crippen LogP contribution in [-0.2, 0) is 22.3 Å². The lowest BCUT2D eigenvalue weighted by Crippen LogP contribution is -2.04. The molecule has 0 atom stereocenters. The SMILES string of the molecule is N#Cc1c(COC(=O)/C=C/c2cccc(C(F)(F)F)c2)cn2ccccc12. The third-order valence-electron chi connectivity index (χ3n) is 3.87. The largest absolute Gasteiger partial charge is 0.458 e. The minimum atomic E-state index is -4.45. The number of nitriles is 1. The lowest BCUT2D eigenvalue weighted by Gasteiger charge is -2.06. The summed E-state index contributed by atoms with van der Waals surface area (Å²) in [5, 5.41) is 9.30. The van der Waals surface area contributed by atoms with Gasteiger partial charge in [-0.1, -0.05) is 18.2 Å². The number of halogens is 3. The molecule has 1 aromatic carbocycles. The van der Waals surface area contributed by atoms with E-state index in [9.17, 15) is 23.2 Å². The number of carbonyl (C=O) groups excluding carboxylic acids is 1. The molecule has 0 spiro atoms. The lowest BCUT2D eigenvalue weighted by atomic mass is 10.1. The smallest absolute Gasteiger partial charge is 0.416 e. The maximum Gasteiger partial charge on any atom is 0.416 e. The second kappa shape index (κ2) is 7.38. The Morgan fingerprint density at radius 3 is 2.78 bits per heavy atom. The molecule has 2 aromatic heterocycles. The second-order valence-electron chi connectivity index (χ2n) is 5.70. The van der Waals surface area contributed by atoms with Crippen LogP contribution in [0.3, 0.4) is 0 Å². The van der Waals surface area contributed by atoms with E-state index >= 15 is 0 Å². The molecule has 27 heavy (non-hydrogen) atoms. The van der Waals surface area contributed by atoms with Gasteiger partial charge in [0.1, 0.15) is 12.7 Å². The quantitative estimate of drug-likeness (QED) is 0.499. The van der Waals surface area contributed by atoms with E-state index in [2.05, 4.69) is 6.07 Å². The highest BCUT2D eigenvalue weighted by Gasteiger charge is 2.30. The first-order valence-electron chi connectivity index (χ1n) is 7.89. The van der Waals surface area contributed by atoms with Gasteiger partial charge in [-0.05, 0) is 35.9 Å². The summed E-state index contributed by atoms with van der Waals surface area (Å²) < 4.78 is 44.9. The second-order valence-corrected chi connectivity index (χ2v) is 5.70. The van der Waals surface area contributed by atoms with Gasteiger partial charge >= 0.3 is 12.1 Å². The topological polar surface area (TPSA) is 54.5 Å². The van der Waals surface area contributed by atoms with Crippen molar-refractivity contribution in [2.75, 3.05) is 0 Å². The summed E-state index contributed by atoms with van der Waals surface area (Å²) in [4.78, 5) is 11.9. The van der Waals surface area contributed by atoms with Gasteiger partial charge in [-0.2, -0.15) is 18.4 Å². The average Bonchev–Trinajstić information content (AvgIpc) is 3.01. The monoisotopic (exact) mass is 370 g/mol.